The van der Waals surface area contributed by atoms with E-state index in [1.807, 2.05) is 0 Å². The molecule has 0 aliphatic heterocycles. The van der Waals surface area contributed by atoms with Gasteiger partial charge in [-0.15, -0.1) is 0 Å². The number of rotatable bonds is 1. The van der Waals surface area contributed by atoms with Gasteiger partial charge >= 0.3 is 0 Å². The number of benzene rings is 1. The van der Waals surface area contributed by atoms with Gasteiger partial charge in [0.15, 0.2) is 11.6 Å². The van der Waals surface area contributed by atoms with Crippen molar-refractivity contribution in [2.24, 2.45) is 0 Å². The maximum Gasteiger partial charge on any atom is 0.177 e. The Hall–Kier alpha value is -0.150. The van der Waals surface area contributed by atoms with E-state index in [1.54, 1.807) is 0 Å². The predicted octanol–water partition coefficient (Wildman–Crippen LogP) is 3.51. The molecule has 0 unspecified atom stereocenters. The van der Waals surface area contributed by atoms with Crippen molar-refractivity contribution in [2.45, 2.75) is 5.33 Å². The van der Waals surface area contributed by atoms with Crippen molar-refractivity contribution in [3.63, 3.8) is 0 Å². The number of alkyl halides is 1. The zero-order chi connectivity index (χ0) is 8.43. The first-order valence-corrected chi connectivity index (χ1v) is 4.35. The second-order valence-electron chi connectivity index (χ2n) is 1.97. The molecule has 0 fully saturated rings. The molecule has 0 aromatic heterocycles. The number of halogens is 4. The van der Waals surface area contributed by atoms with Gasteiger partial charge in [0.05, 0.1) is 5.02 Å². The van der Waals surface area contributed by atoms with E-state index in [4.69, 9.17) is 11.6 Å². The predicted molar refractivity (Wildman–Crippen MR) is 44.0 cm³/mol. The van der Waals surface area contributed by atoms with Crippen molar-refractivity contribution in [1.29, 1.82) is 0 Å². The van der Waals surface area contributed by atoms with Gasteiger partial charge in [-0.05, 0) is 6.07 Å². The Morgan fingerprint density at radius 3 is 2.45 bits per heavy atom. The first-order chi connectivity index (χ1) is 5.16. The second kappa shape index (κ2) is 3.50. The van der Waals surface area contributed by atoms with Gasteiger partial charge in [0.2, 0.25) is 0 Å². The monoisotopic (exact) mass is 240 g/mol. The summed E-state index contributed by atoms with van der Waals surface area (Å²) < 4.78 is 25.4. The molecule has 0 nitrogen and oxygen atoms in total. The Bertz CT molecular complexity index is 275. The van der Waals surface area contributed by atoms with Crippen molar-refractivity contribution in [1.82, 2.24) is 0 Å². The van der Waals surface area contributed by atoms with Gasteiger partial charge in [-0.25, -0.2) is 8.78 Å². The molecular weight excluding hydrogens is 237 g/mol. The van der Waals surface area contributed by atoms with Gasteiger partial charge in [-0.1, -0.05) is 33.6 Å². The van der Waals surface area contributed by atoms with Crippen LogP contribution in [0.15, 0.2) is 12.1 Å². The van der Waals surface area contributed by atoms with E-state index in [2.05, 4.69) is 15.9 Å². The molecule has 0 saturated heterocycles. The minimum Gasteiger partial charge on any atom is -0.203 e. The summed E-state index contributed by atoms with van der Waals surface area (Å²) in [6, 6.07) is 2.77. The van der Waals surface area contributed by atoms with Crippen LogP contribution < -0.4 is 0 Å². The summed E-state index contributed by atoms with van der Waals surface area (Å²) in [5, 5.41) is 0.0969. The zero-order valence-electron chi connectivity index (χ0n) is 5.37. The number of hydrogen-bond donors (Lipinski definition) is 0. The van der Waals surface area contributed by atoms with Crippen molar-refractivity contribution in [3.05, 3.63) is 34.4 Å². The maximum atomic E-state index is 12.8. The molecule has 0 radical (unpaired) electrons. The molecule has 0 aliphatic carbocycles. The third kappa shape index (κ3) is 1.71. The highest BCUT2D eigenvalue weighted by molar-refractivity contribution is 9.08. The Morgan fingerprint density at radius 2 is 1.91 bits per heavy atom. The maximum absolute atomic E-state index is 12.8. The van der Waals surface area contributed by atoms with E-state index in [-0.39, 0.29) is 15.9 Å². The fourth-order valence-electron chi connectivity index (χ4n) is 0.669. The van der Waals surface area contributed by atoms with Crippen LogP contribution in [0.4, 0.5) is 8.78 Å². The van der Waals surface area contributed by atoms with Crippen LogP contribution in [-0.2, 0) is 5.33 Å². The molecule has 0 bridgehead atoms. The summed E-state index contributed by atoms with van der Waals surface area (Å²) in [5.74, 6) is -1.86. The largest absolute Gasteiger partial charge is 0.203 e. The average Bonchev–Trinajstić information content (AvgIpc) is 2.01. The molecule has 0 amide bonds. The lowest BCUT2D eigenvalue weighted by Crippen LogP contribution is -1.91. The topological polar surface area (TPSA) is 0 Å². The average molecular weight is 241 g/mol. The summed E-state index contributed by atoms with van der Waals surface area (Å²) in [6.45, 7) is 0. The van der Waals surface area contributed by atoms with E-state index in [0.29, 0.717) is 0 Å². The second-order valence-corrected chi connectivity index (χ2v) is 2.94. The number of hydrogen-bond acceptors (Lipinski definition) is 0. The fourth-order valence-corrected chi connectivity index (χ4v) is 1.25. The van der Waals surface area contributed by atoms with Crippen molar-refractivity contribution in [2.75, 3.05) is 0 Å². The lowest BCUT2D eigenvalue weighted by molar-refractivity contribution is 0.503. The van der Waals surface area contributed by atoms with E-state index < -0.39 is 11.6 Å². The van der Waals surface area contributed by atoms with Crippen LogP contribution >= 0.6 is 27.5 Å². The molecule has 0 N–H and O–H groups in total. The SMILES string of the molecule is Fc1c(Cl)ccc(CBr)c1F. The zero-order valence-corrected chi connectivity index (χ0v) is 7.72. The molecule has 11 heavy (non-hydrogen) atoms. The summed E-state index contributed by atoms with van der Waals surface area (Å²) in [7, 11) is 0. The van der Waals surface area contributed by atoms with Crippen LogP contribution in [0.3, 0.4) is 0 Å². The molecule has 0 saturated carbocycles. The highest BCUT2D eigenvalue weighted by Crippen LogP contribution is 2.21. The Morgan fingerprint density at radius 1 is 1.27 bits per heavy atom. The molecule has 60 valence electrons. The minimum absolute atomic E-state index is 0.188. The van der Waals surface area contributed by atoms with Gasteiger partial charge in [0.25, 0.3) is 0 Å². The van der Waals surface area contributed by atoms with Crippen molar-refractivity contribution >= 4 is 27.5 Å². The lowest BCUT2D eigenvalue weighted by atomic mass is 10.2. The van der Waals surface area contributed by atoms with Gasteiger partial charge in [-0.3, -0.25) is 0 Å². The van der Waals surface area contributed by atoms with Crippen LogP contribution in [0, 0.1) is 11.6 Å². The highest BCUT2D eigenvalue weighted by atomic mass is 79.9. The molecule has 1 aromatic carbocycles. The third-order valence-electron chi connectivity index (χ3n) is 1.26. The first kappa shape index (κ1) is 8.94. The molecule has 4 heteroatoms. The Balaban J connectivity index is 3.25. The molecule has 1 rings (SSSR count). The highest BCUT2D eigenvalue weighted by Gasteiger charge is 2.10. The summed E-state index contributed by atoms with van der Waals surface area (Å²) in [5.41, 5.74) is 0.270. The molecule has 0 spiro atoms. The normalized spacial score (nSPS) is 10.2. The lowest BCUT2D eigenvalue weighted by Gasteiger charge is -2.00. The van der Waals surface area contributed by atoms with E-state index in [9.17, 15) is 8.78 Å². The van der Waals surface area contributed by atoms with E-state index in [0.717, 1.165) is 0 Å². The van der Waals surface area contributed by atoms with Gasteiger partial charge < -0.3 is 0 Å². The van der Waals surface area contributed by atoms with Crippen LogP contribution in [0.2, 0.25) is 5.02 Å². The standard InChI is InChI=1S/C7H4BrClF2/c8-3-4-1-2-5(9)7(11)6(4)10/h1-2H,3H2. The van der Waals surface area contributed by atoms with Gasteiger partial charge in [-0.2, -0.15) is 0 Å². The van der Waals surface area contributed by atoms with E-state index >= 15 is 0 Å². The smallest absolute Gasteiger partial charge is 0.177 e. The van der Waals surface area contributed by atoms with Crippen LogP contribution in [0.1, 0.15) is 5.56 Å². The minimum atomic E-state index is -0.983. The van der Waals surface area contributed by atoms with E-state index in [1.165, 1.54) is 12.1 Å². The quantitative estimate of drug-likeness (QED) is 0.521. The van der Waals surface area contributed by atoms with Crippen LogP contribution in [-0.4, -0.2) is 0 Å². The summed E-state index contributed by atoms with van der Waals surface area (Å²) in [4.78, 5) is 0. The van der Waals surface area contributed by atoms with Gasteiger partial charge in [0, 0.05) is 10.9 Å². The first-order valence-electron chi connectivity index (χ1n) is 2.85. The van der Waals surface area contributed by atoms with Crippen molar-refractivity contribution < 1.29 is 8.78 Å². The Kier molecular flexibility index (Phi) is 2.84. The summed E-state index contributed by atoms with van der Waals surface area (Å²) >= 11 is 8.33. The third-order valence-corrected chi connectivity index (χ3v) is 2.16. The van der Waals surface area contributed by atoms with Crippen LogP contribution in [0.5, 0.6) is 0 Å². The van der Waals surface area contributed by atoms with Crippen molar-refractivity contribution in [3.8, 4) is 0 Å². The molecule has 1 aromatic rings. The Labute approximate surface area is 76.3 Å². The molecule has 0 atom stereocenters. The molecule has 0 aliphatic rings. The molecular formula is C7H4BrClF2. The molecule has 0 heterocycles. The van der Waals surface area contributed by atoms with Gasteiger partial charge in [0.1, 0.15) is 0 Å². The van der Waals surface area contributed by atoms with Crippen LogP contribution in [0.25, 0.3) is 0 Å². The summed E-state index contributed by atoms with van der Waals surface area (Å²) in [6.07, 6.45) is 0. The fraction of sp³-hybridized carbons (Fsp3) is 0.143.